The van der Waals surface area contributed by atoms with Crippen LogP contribution < -0.4 is 0 Å². The minimum absolute atomic E-state index is 0.967. The molecule has 6 aromatic carbocycles. The topological polar surface area (TPSA) is 17.8 Å². The molecule has 0 aliphatic heterocycles. The number of fused-ring (bicyclic) bond motifs is 9. The lowest BCUT2D eigenvalue weighted by atomic mass is 9.97. The van der Waals surface area contributed by atoms with Crippen molar-refractivity contribution in [3.05, 3.63) is 157 Å². The van der Waals surface area contributed by atoms with Gasteiger partial charge >= 0.3 is 0 Å². The second kappa shape index (κ2) is 10.9. The van der Waals surface area contributed by atoms with Crippen molar-refractivity contribution < 1.29 is 0 Å². The number of allylic oxidation sites excluding steroid dienone is 1. The summed E-state index contributed by atoms with van der Waals surface area (Å²) in [7, 11) is 0. The molecule has 9 aromatic rings. The van der Waals surface area contributed by atoms with E-state index in [0.29, 0.717) is 0 Å². The van der Waals surface area contributed by atoms with Gasteiger partial charge in [0.15, 0.2) is 0 Å². The Hall–Kier alpha value is -5.77. The predicted octanol–water partition coefficient (Wildman–Crippen LogP) is 12.7. The Labute approximate surface area is 277 Å². The summed E-state index contributed by atoms with van der Waals surface area (Å²) in [4.78, 5) is 6.42. The van der Waals surface area contributed by atoms with Crippen LogP contribution in [0.2, 0.25) is 0 Å². The van der Waals surface area contributed by atoms with Gasteiger partial charge in [-0.25, -0.2) is 4.98 Å². The van der Waals surface area contributed by atoms with Gasteiger partial charge in [-0.15, -0.1) is 11.3 Å². The maximum atomic E-state index is 5.23. The Bertz CT molecular complexity index is 2690. The molecule has 3 aromatic heterocycles. The van der Waals surface area contributed by atoms with E-state index in [1.165, 1.54) is 58.5 Å². The van der Waals surface area contributed by atoms with Crippen molar-refractivity contribution >= 4 is 76.9 Å². The lowest BCUT2D eigenvalue weighted by molar-refractivity contribution is 1.19. The van der Waals surface area contributed by atoms with Gasteiger partial charge in [-0.1, -0.05) is 134 Å². The van der Waals surface area contributed by atoms with Gasteiger partial charge in [0.25, 0.3) is 0 Å². The summed E-state index contributed by atoms with van der Waals surface area (Å²) in [6.07, 6.45) is 6.37. The molecular weight excluding hydrogens is 589 g/mol. The van der Waals surface area contributed by atoms with Crippen LogP contribution in [0.4, 0.5) is 0 Å². The molecule has 0 amide bonds. The van der Waals surface area contributed by atoms with E-state index < -0.39 is 0 Å². The molecule has 0 N–H and O–H groups in total. The maximum absolute atomic E-state index is 5.23. The molecule has 2 nitrogen and oxygen atoms in total. The Morgan fingerprint density at radius 3 is 2.06 bits per heavy atom. The number of hydrogen-bond donors (Lipinski definition) is 0. The summed E-state index contributed by atoms with van der Waals surface area (Å²) < 4.78 is 3.74. The van der Waals surface area contributed by atoms with E-state index in [2.05, 4.69) is 164 Å². The van der Waals surface area contributed by atoms with Gasteiger partial charge in [-0.05, 0) is 47.3 Å². The average Bonchev–Trinajstić information content (AvgIpc) is 3.68. The van der Waals surface area contributed by atoms with Gasteiger partial charge in [0.2, 0.25) is 0 Å². The van der Waals surface area contributed by atoms with Crippen LogP contribution in [0.1, 0.15) is 17.4 Å². The number of rotatable bonds is 5. The minimum atomic E-state index is 0.967. The molecule has 0 spiro atoms. The predicted molar refractivity (Wildman–Crippen MR) is 205 cm³/mol. The Kier molecular flexibility index (Phi) is 6.41. The quantitative estimate of drug-likeness (QED) is 0.188. The van der Waals surface area contributed by atoms with Gasteiger partial charge in [0.1, 0.15) is 0 Å². The van der Waals surface area contributed by atoms with Crippen molar-refractivity contribution in [3.8, 4) is 28.2 Å². The van der Waals surface area contributed by atoms with Crippen molar-refractivity contribution in [2.24, 2.45) is 0 Å². The highest BCUT2D eigenvalue weighted by Gasteiger charge is 2.22. The standard InChI is InChI=1S/C44H30N2S/c1-3-14-36-39(4-2)47-44-41(36)34-20-11-10-19-33(34)40-35-21-12-13-22-38(35)46(43(40)44)31-25-23-28(24-26-31)37-27-30-17-8-9-18-32(30)42(45-37)29-15-6-5-7-16-29/h3-27H,2H2,1H3/b14-3-. The molecule has 0 saturated carbocycles. The number of aromatic nitrogens is 2. The van der Waals surface area contributed by atoms with Crippen LogP contribution in [0, 0.1) is 0 Å². The monoisotopic (exact) mass is 618 g/mol. The third-order valence-corrected chi connectivity index (χ3v) is 10.5. The highest BCUT2D eigenvalue weighted by molar-refractivity contribution is 7.21. The summed E-state index contributed by atoms with van der Waals surface area (Å²) in [6, 6.07) is 47.8. The minimum Gasteiger partial charge on any atom is -0.308 e. The van der Waals surface area contributed by atoms with Crippen molar-refractivity contribution in [3.63, 3.8) is 0 Å². The Morgan fingerprint density at radius 2 is 1.32 bits per heavy atom. The Balaban J connectivity index is 1.31. The molecule has 0 unspecified atom stereocenters. The molecule has 47 heavy (non-hydrogen) atoms. The number of thiophene rings is 1. The number of nitrogens with zero attached hydrogens (tertiary/aromatic N) is 2. The maximum Gasteiger partial charge on any atom is 0.0787 e. The fourth-order valence-corrected chi connectivity index (χ4v) is 8.43. The molecule has 0 aliphatic carbocycles. The average molecular weight is 619 g/mol. The molecule has 0 saturated heterocycles. The summed E-state index contributed by atoms with van der Waals surface area (Å²) in [5, 5.41) is 8.74. The molecule has 0 fully saturated rings. The van der Waals surface area contributed by atoms with Crippen molar-refractivity contribution in [2.75, 3.05) is 0 Å². The van der Waals surface area contributed by atoms with E-state index in [9.17, 15) is 0 Å². The number of hydrogen-bond acceptors (Lipinski definition) is 2. The second-order valence-electron chi connectivity index (χ2n) is 11.9. The summed E-state index contributed by atoms with van der Waals surface area (Å²) in [5.74, 6) is 0. The van der Waals surface area contributed by atoms with Gasteiger partial charge < -0.3 is 4.57 Å². The lowest BCUT2D eigenvalue weighted by Crippen LogP contribution is -1.95. The largest absolute Gasteiger partial charge is 0.308 e. The van der Waals surface area contributed by atoms with Gasteiger partial charge in [0, 0.05) is 48.8 Å². The summed E-state index contributed by atoms with van der Waals surface area (Å²) in [5.41, 5.74) is 8.99. The molecule has 0 bridgehead atoms. The summed E-state index contributed by atoms with van der Waals surface area (Å²) in [6.45, 7) is 6.29. The highest BCUT2D eigenvalue weighted by Crippen LogP contribution is 2.47. The zero-order valence-electron chi connectivity index (χ0n) is 25.9. The number of para-hydroxylation sites is 1. The van der Waals surface area contributed by atoms with Gasteiger partial charge in [0.05, 0.1) is 27.1 Å². The number of benzene rings is 6. The fraction of sp³-hybridized carbons (Fsp3) is 0.0227. The van der Waals surface area contributed by atoms with Crippen LogP contribution in [0.15, 0.2) is 146 Å². The van der Waals surface area contributed by atoms with Crippen molar-refractivity contribution in [2.45, 2.75) is 6.92 Å². The van der Waals surface area contributed by atoms with E-state index in [1.807, 2.05) is 17.4 Å². The highest BCUT2D eigenvalue weighted by atomic mass is 32.1. The fourth-order valence-electron chi connectivity index (χ4n) is 7.24. The van der Waals surface area contributed by atoms with Crippen LogP contribution in [0.3, 0.4) is 0 Å². The third-order valence-electron chi connectivity index (χ3n) is 9.26. The second-order valence-corrected chi connectivity index (χ2v) is 13.0. The van der Waals surface area contributed by atoms with E-state index >= 15 is 0 Å². The van der Waals surface area contributed by atoms with Gasteiger partial charge in [-0.3, -0.25) is 0 Å². The molecular formula is C44H30N2S. The zero-order valence-corrected chi connectivity index (χ0v) is 26.8. The van der Waals surface area contributed by atoms with E-state index in [-0.39, 0.29) is 0 Å². The first-order valence-electron chi connectivity index (χ1n) is 16.0. The lowest BCUT2D eigenvalue weighted by Gasteiger charge is -2.13. The Morgan fingerprint density at radius 1 is 0.660 bits per heavy atom. The van der Waals surface area contributed by atoms with Gasteiger partial charge in [-0.2, -0.15) is 0 Å². The molecule has 3 heterocycles. The first-order chi connectivity index (χ1) is 23.2. The van der Waals surface area contributed by atoms with Crippen LogP contribution in [0.25, 0.3) is 93.8 Å². The van der Waals surface area contributed by atoms with Crippen molar-refractivity contribution in [1.29, 1.82) is 0 Å². The smallest absolute Gasteiger partial charge is 0.0787 e. The van der Waals surface area contributed by atoms with Crippen LogP contribution in [-0.2, 0) is 0 Å². The third kappa shape index (κ3) is 4.21. The molecule has 0 aliphatic rings. The summed E-state index contributed by atoms with van der Waals surface area (Å²) >= 11 is 1.83. The SMILES string of the molecule is C=Cc1sc2c(c1/C=C\C)c1ccccc1c1c3ccccc3n(-c3ccc(-c4cc5ccccc5c(-c5ccccc5)n4)cc3)c21. The number of pyridine rings is 1. The molecule has 0 atom stereocenters. The zero-order chi connectivity index (χ0) is 31.5. The van der Waals surface area contributed by atoms with E-state index in [0.717, 1.165) is 33.6 Å². The van der Waals surface area contributed by atoms with Crippen LogP contribution in [-0.4, -0.2) is 9.55 Å². The normalized spacial score (nSPS) is 11.9. The molecule has 3 heteroatoms. The molecule has 222 valence electrons. The van der Waals surface area contributed by atoms with E-state index in [1.54, 1.807) is 0 Å². The first-order valence-corrected chi connectivity index (χ1v) is 16.8. The first kappa shape index (κ1) is 27.5. The van der Waals surface area contributed by atoms with E-state index in [4.69, 9.17) is 4.98 Å². The molecule has 0 radical (unpaired) electrons. The van der Waals surface area contributed by atoms with Crippen molar-refractivity contribution in [1.82, 2.24) is 9.55 Å². The van der Waals surface area contributed by atoms with Crippen LogP contribution in [0.5, 0.6) is 0 Å². The molecule has 9 rings (SSSR count). The van der Waals surface area contributed by atoms with Crippen LogP contribution >= 0.6 is 11.3 Å².